The number of nitrogens with one attached hydrogen (secondary N) is 1. The van der Waals surface area contributed by atoms with E-state index in [1.807, 2.05) is 57.2 Å². The molecule has 5 heteroatoms. The fourth-order valence-electron chi connectivity index (χ4n) is 4.25. The lowest BCUT2D eigenvalue weighted by molar-refractivity contribution is -0.140. The van der Waals surface area contributed by atoms with Crippen LogP contribution in [-0.4, -0.2) is 28.8 Å². The van der Waals surface area contributed by atoms with Crippen LogP contribution in [0, 0.1) is 13.8 Å². The van der Waals surface area contributed by atoms with Gasteiger partial charge in [0, 0.05) is 17.1 Å². The molecule has 1 aliphatic rings. The fraction of sp³-hybridized carbons (Fsp3) is 0.440. The molecule has 1 atom stereocenters. The zero-order valence-electron chi connectivity index (χ0n) is 18.1. The molecule has 2 aromatic rings. The van der Waals surface area contributed by atoms with Crippen molar-refractivity contribution in [1.82, 2.24) is 10.2 Å². The lowest BCUT2D eigenvalue weighted by Gasteiger charge is -2.30. The van der Waals surface area contributed by atoms with Crippen LogP contribution in [0.15, 0.2) is 46.9 Å². The topological polar surface area (TPSA) is 49.4 Å². The van der Waals surface area contributed by atoms with Gasteiger partial charge in [0.1, 0.15) is 6.04 Å². The summed E-state index contributed by atoms with van der Waals surface area (Å²) in [6.07, 6.45) is 4.66. The molecule has 0 heterocycles. The van der Waals surface area contributed by atoms with E-state index in [0.717, 1.165) is 52.4 Å². The molecule has 1 N–H and O–H groups in total. The van der Waals surface area contributed by atoms with Crippen molar-refractivity contribution in [3.05, 3.63) is 69.2 Å². The van der Waals surface area contributed by atoms with Crippen LogP contribution in [0.3, 0.4) is 0 Å². The summed E-state index contributed by atoms with van der Waals surface area (Å²) in [6, 6.07) is 13.8. The average Bonchev–Trinajstić information content (AvgIpc) is 3.17. The van der Waals surface area contributed by atoms with Crippen molar-refractivity contribution >= 4 is 27.7 Å². The van der Waals surface area contributed by atoms with Crippen molar-refractivity contribution in [2.24, 2.45) is 0 Å². The van der Waals surface area contributed by atoms with Gasteiger partial charge >= 0.3 is 0 Å². The Bertz CT molecular complexity index is 886. The lowest BCUT2D eigenvalue weighted by atomic mass is 10.0. The van der Waals surface area contributed by atoms with E-state index in [-0.39, 0.29) is 24.3 Å². The summed E-state index contributed by atoms with van der Waals surface area (Å²) in [7, 11) is 0. The molecule has 160 valence electrons. The van der Waals surface area contributed by atoms with Gasteiger partial charge in [-0.3, -0.25) is 9.59 Å². The monoisotopic (exact) mass is 470 g/mol. The van der Waals surface area contributed by atoms with Crippen LogP contribution >= 0.6 is 15.9 Å². The summed E-state index contributed by atoms with van der Waals surface area (Å²) in [4.78, 5) is 28.0. The van der Waals surface area contributed by atoms with Crippen molar-refractivity contribution in [2.75, 3.05) is 0 Å². The van der Waals surface area contributed by atoms with Crippen LogP contribution in [0.1, 0.15) is 54.9 Å². The Hall–Kier alpha value is -2.14. The Morgan fingerprint density at radius 1 is 1.07 bits per heavy atom. The molecule has 0 unspecified atom stereocenters. The number of hydrogen-bond donors (Lipinski definition) is 1. The summed E-state index contributed by atoms with van der Waals surface area (Å²) in [5.74, 6) is -0.0975. The molecule has 4 nitrogen and oxygen atoms in total. The van der Waals surface area contributed by atoms with Crippen molar-refractivity contribution in [3.8, 4) is 0 Å². The Morgan fingerprint density at radius 2 is 1.73 bits per heavy atom. The highest BCUT2D eigenvalue weighted by Crippen LogP contribution is 2.20. The normalized spacial score (nSPS) is 15.1. The summed E-state index contributed by atoms with van der Waals surface area (Å²) >= 11 is 3.50. The number of nitrogens with zero attached hydrogens (tertiary/aromatic N) is 1. The highest BCUT2D eigenvalue weighted by molar-refractivity contribution is 9.10. The Morgan fingerprint density at radius 3 is 2.37 bits per heavy atom. The molecule has 3 rings (SSSR count). The summed E-state index contributed by atoms with van der Waals surface area (Å²) in [5.41, 5.74) is 4.27. The first kappa shape index (κ1) is 22.5. The molecule has 0 aliphatic heterocycles. The zero-order valence-corrected chi connectivity index (χ0v) is 19.7. The standard InChI is InChI=1S/C25H31BrN2O2/c1-17-11-18(2)13-21(12-17)15-24(29)28(16-20-7-6-8-22(26)14-20)19(3)25(30)27-23-9-4-5-10-23/h6-8,11-14,19,23H,4-5,9-10,15-16H2,1-3H3,(H,27,30)/t19-/m1/s1. The molecule has 0 spiro atoms. The van der Waals surface area contributed by atoms with Crippen LogP contribution in [0.5, 0.6) is 0 Å². The number of hydrogen-bond acceptors (Lipinski definition) is 2. The average molecular weight is 471 g/mol. The van der Waals surface area contributed by atoms with Gasteiger partial charge in [0.25, 0.3) is 0 Å². The van der Waals surface area contributed by atoms with Gasteiger partial charge in [0.05, 0.1) is 6.42 Å². The molecule has 1 aliphatic carbocycles. The van der Waals surface area contributed by atoms with E-state index < -0.39 is 6.04 Å². The fourth-order valence-corrected chi connectivity index (χ4v) is 4.70. The second kappa shape index (κ2) is 10.3. The highest BCUT2D eigenvalue weighted by Gasteiger charge is 2.28. The van der Waals surface area contributed by atoms with E-state index in [9.17, 15) is 9.59 Å². The van der Waals surface area contributed by atoms with Gasteiger partial charge in [0.15, 0.2) is 0 Å². The quantitative estimate of drug-likeness (QED) is 0.612. The number of aryl methyl sites for hydroxylation is 2. The van der Waals surface area contributed by atoms with E-state index in [4.69, 9.17) is 0 Å². The van der Waals surface area contributed by atoms with Crippen LogP contribution in [0.2, 0.25) is 0 Å². The van der Waals surface area contributed by atoms with Crippen LogP contribution in [0.4, 0.5) is 0 Å². The van der Waals surface area contributed by atoms with Gasteiger partial charge in [-0.2, -0.15) is 0 Å². The van der Waals surface area contributed by atoms with Gasteiger partial charge in [0.2, 0.25) is 11.8 Å². The SMILES string of the molecule is Cc1cc(C)cc(CC(=O)N(Cc2cccc(Br)c2)[C@H](C)C(=O)NC2CCCC2)c1. The molecule has 30 heavy (non-hydrogen) atoms. The molecular weight excluding hydrogens is 440 g/mol. The third-order valence-electron chi connectivity index (χ3n) is 5.75. The maximum atomic E-state index is 13.3. The number of halogens is 1. The Balaban J connectivity index is 1.79. The second-order valence-corrected chi connectivity index (χ2v) is 9.41. The number of amides is 2. The Kier molecular flexibility index (Phi) is 7.70. The molecule has 1 fully saturated rings. The van der Waals surface area contributed by atoms with E-state index in [1.54, 1.807) is 4.90 Å². The summed E-state index contributed by atoms with van der Waals surface area (Å²) in [5, 5.41) is 3.15. The zero-order chi connectivity index (χ0) is 21.7. The largest absolute Gasteiger partial charge is 0.352 e. The minimum absolute atomic E-state index is 0.0333. The predicted molar refractivity (Wildman–Crippen MR) is 124 cm³/mol. The first-order valence-corrected chi connectivity index (χ1v) is 11.5. The van der Waals surface area contributed by atoms with Gasteiger partial charge in [-0.05, 0) is 56.9 Å². The number of carbonyl (C=O) groups excluding carboxylic acids is 2. The minimum Gasteiger partial charge on any atom is -0.352 e. The molecule has 2 aromatic carbocycles. The molecule has 1 saturated carbocycles. The smallest absolute Gasteiger partial charge is 0.242 e. The van der Waals surface area contributed by atoms with Crippen molar-refractivity contribution in [3.63, 3.8) is 0 Å². The minimum atomic E-state index is -0.525. The predicted octanol–water partition coefficient (Wildman–Crippen LogP) is 5.08. The van der Waals surface area contributed by atoms with Gasteiger partial charge in [-0.25, -0.2) is 0 Å². The highest BCUT2D eigenvalue weighted by atomic mass is 79.9. The first-order valence-electron chi connectivity index (χ1n) is 10.7. The molecule has 0 saturated heterocycles. The number of rotatable bonds is 7. The second-order valence-electron chi connectivity index (χ2n) is 8.49. The van der Waals surface area contributed by atoms with Crippen LogP contribution in [0.25, 0.3) is 0 Å². The van der Waals surface area contributed by atoms with E-state index in [1.165, 1.54) is 0 Å². The maximum absolute atomic E-state index is 13.3. The third-order valence-corrected chi connectivity index (χ3v) is 6.24. The molecule has 0 bridgehead atoms. The van der Waals surface area contributed by atoms with Crippen LogP contribution in [-0.2, 0) is 22.6 Å². The lowest BCUT2D eigenvalue weighted by Crippen LogP contribution is -2.50. The summed E-state index contributed by atoms with van der Waals surface area (Å²) < 4.78 is 0.963. The molecule has 0 aromatic heterocycles. The van der Waals surface area contributed by atoms with Gasteiger partial charge < -0.3 is 10.2 Å². The van der Waals surface area contributed by atoms with E-state index in [0.29, 0.717) is 6.54 Å². The van der Waals surface area contributed by atoms with Crippen molar-refractivity contribution in [1.29, 1.82) is 0 Å². The Labute approximate surface area is 188 Å². The maximum Gasteiger partial charge on any atom is 0.242 e. The first-order chi connectivity index (χ1) is 14.3. The van der Waals surface area contributed by atoms with E-state index >= 15 is 0 Å². The van der Waals surface area contributed by atoms with Gasteiger partial charge in [-0.1, -0.05) is 70.2 Å². The summed E-state index contributed by atoms with van der Waals surface area (Å²) in [6.45, 7) is 6.32. The molecular formula is C25H31BrN2O2. The number of benzene rings is 2. The molecule has 0 radical (unpaired) electrons. The third kappa shape index (κ3) is 6.18. The van der Waals surface area contributed by atoms with Crippen molar-refractivity contribution in [2.45, 2.75) is 71.5 Å². The van der Waals surface area contributed by atoms with Crippen molar-refractivity contribution < 1.29 is 9.59 Å². The molecule has 2 amide bonds. The van der Waals surface area contributed by atoms with Gasteiger partial charge in [-0.15, -0.1) is 0 Å². The van der Waals surface area contributed by atoms with Crippen LogP contribution < -0.4 is 5.32 Å². The van der Waals surface area contributed by atoms with E-state index in [2.05, 4.69) is 27.3 Å². The number of carbonyl (C=O) groups is 2.